The molecule has 1 aromatic heterocycles. The summed E-state index contributed by atoms with van der Waals surface area (Å²) < 4.78 is 0. The molecule has 0 amide bonds. The molecular weight excluding hydrogens is 391 g/mol. The lowest BCUT2D eigenvalue weighted by molar-refractivity contribution is 0.209. The fourth-order valence-corrected chi connectivity index (χ4v) is 4.51. The van der Waals surface area contributed by atoms with E-state index in [1.54, 1.807) is 0 Å². The fraction of sp³-hybridized carbons (Fsp3) is 0.409. The van der Waals surface area contributed by atoms with Crippen molar-refractivity contribution in [2.24, 2.45) is 0 Å². The molecule has 1 fully saturated rings. The summed E-state index contributed by atoms with van der Waals surface area (Å²) in [7, 11) is 0. The fourth-order valence-electron chi connectivity index (χ4n) is 4.04. The third kappa shape index (κ3) is 4.62. The number of benzene rings is 2. The molecule has 6 heteroatoms. The van der Waals surface area contributed by atoms with Crippen molar-refractivity contribution in [3.05, 3.63) is 58.2 Å². The van der Waals surface area contributed by atoms with Crippen LogP contribution in [0, 0.1) is 0 Å². The molecule has 0 saturated carbocycles. The van der Waals surface area contributed by atoms with E-state index in [1.807, 2.05) is 18.3 Å². The van der Waals surface area contributed by atoms with Gasteiger partial charge in [-0.1, -0.05) is 35.3 Å². The number of piperidine rings is 1. The van der Waals surface area contributed by atoms with Crippen LogP contribution in [0.4, 0.5) is 5.69 Å². The van der Waals surface area contributed by atoms with E-state index in [9.17, 15) is 0 Å². The molecule has 3 aromatic rings. The summed E-state index contributed by atoms with van der Waals surface area (Å²) in [4.78, 5) is 2.58. The van der Waals surface area contributed by atoms with Gasteiger partial charge in [0.05, 0.1) is 21.8 Å². The van der Waals surface area contributed by atoms with Gasteiger partial charge in [0.15, 0.2) is 0 Å². The first-order valence-electron chi connectivity index (χ1n) is 10.0. The quantitative estimate of drug-likeness (QED) is 0.468. The molecule has 4 rings (SSSR count). The Labute approximate surface area is 176 Å². The van der Waals surface area contributed by atoms with E-state index in [0.717, 1.165) is 60.6 Å². The van der Waals surface area contributed by atoms with Crippen LogP contribution in [0.1, 0.15) is 37.2 Å². The summed E-state index contributed by atoms with van der Waals surface area (Å²) >= 11 is 12.6. The zero-order chi connectivity index (χ0) is 19.3. The lowest BCUT2D eigenvalue weighted by Crippen LogP contribution is -2.33. The zero-order valence-electron chi connectivity index (χ0n) is 15.9. The predicted molar refractivity (Wildman–Crippen MR) is 119 cm³/mol. The Morgan fingerprint density at radius 2 is 1.96 bits per heavy atom. The topological polar surface area (TPSA) is 44.0 Å². The summed E-state index contributed by atoms with van der Waals surface area (Å²) in [6.45, 7) is 4.43. The minimum atomic E-state index is 0.529. The zero-order valence-corrected chi connectivity index (χ0v) is 17.4. The van der Waals surface area contributed by atoms with E-state index in [4.69, 9.17) is 23.2 Å². The summed E-state index contributed by atoms with van der Waals surface area (Å²) in [5, 5.41) is 13.1. The standard InChI is InChI=1S/C22H26Cl2N4/c23-20-5-3-4-19(22(20)24)16-8-12-28(13-9-16)11-2-1-10-25-18-7-6-17-15-26-27-21(17)14-18/h3-7,14-16,25H,1-2,8-13H2,(H,26,27). The molecule has 0 atom stereocenters. The second kappa shape index (κ2) is 9.17. The Bertz CT molecular complexity index is 916. The van der Waals surface area contributed by atoms with Crippen LogP contribution in [0.3, 0.4) is 0 Å². The first-order valence-corrected chi connectivity index (χ1v) is 10.8. The van der Waals surface area contributed by atoms with Gasteiger partial charge in [-0.15, -0.1) is 0 Å². The number of likely N-dealkylation sites (tertiary alicyclic amines) is 1. The van der Waals surface area contributed by atoms with Crippen LogP contribution in [0.15, 0.2) is 42.6 Å². The Balaban J connectivity index is 1.16. The molecule has 2 heterocycles. The molecule has 0 aliphatic carbocycles. The molecule has 148 valence electrons. The van der Waals surface area contributed by atoms with E-state index in [-0.39, 0.29) is 0 Å². The molecule has 0 bridgehead atoms. The van der Waals surface area contributed by atoms with Gasteiger partial charge in [0.25, 0.3) is 0 Å². The van der Waals surface area contributed by atoms with Gasteiger partial charge < -0.3 is 10.2 Å². The summed E-state index contributed by atoms with van der Waals surface area (Å²) in [5.41, 5.74) is 3.44. The number of unbranched alkanes of at least 4 members (excludes halogenated alkanes) is 1. The third-order valence-corrected chi connectivity index (χ3v) is 6.51. The predicted octanol–water partition coefficient (Wildman–Crippen LogP) is 5.94. The minimum Gasteiger partial charge on any atom is -0.385 e. The van der Waals surface area contributed by atoms with Gasteiger partial charge >= 0.3 is 0 Å². The van der Waals surface area contributed by atoms with Crippen molar-refractivity contribution >= 4 is 39.8 Å². The van der Waals surface area contributed by atoms with Gasteiger partial charge in [-0.2, -0.15) is 5.10 Å². The molecule has 4 nitrogen and oxygen atoms in total. The van der Waals surface area contributed by atoms with Crippen LogP contribution in [-0.2, 0) is 0 Å². The molecule has 0 radical (unpaired) electrons. The van der Waals surface area contributed by atoms with Crippen LogP contribution in [0.25, 0.3) is 10.9 Å². The average Bonchev–Trinajstić information content (AvgIpc) is 3.18. The summed E-state index contributed by atoms with van der Waals surface area (Å²) in [6.07, 6.45) is 6.54. The van der Waals surface area contributed by atoms with Crippen molar-refractivity contribution in [2.45, 2.75) is 31.6 Å². The Morgan fingerprint density at radius 3 is 2.82 bits per heavy atom. The van der Waals surface area contributed by atoms with Crippen molar-refractivity contribution in [3.8, 4) is 0 Å². The van der Waals surface area contributed by atoms with E-state index >= 15 is 0 Å². The van der Waals surface area contributed by atoms with E-state index in [1.165, 1.54) is 18.4 Å². The van der Waals surface area contributed by atoms with Crippen LogP contribution < -0.4 is 5.32 Å². The van der Waals surface area contributed by atoms with Crippen molar-refractivity contribution in [1.29, 1.82) is 0 Å². The molecule has 1 saturated heterocycles. The lowest BCUT2D eigenvalue weighted by Gasteiger charge is -2.32. The Morgan fingerprint density at radius 1 is 1.11 bits per heavy atom. The van der Waals surface area contributed by atoms with Gasteiger partial charge in [-0.25, -0.2) is 0 Å². The number of halogens is 2. The van der Waals surface area contributed by atoms with Gasteiger partial charge in [0.2, 0.25) is 0 Å². The van der Waals surface area contributed by atoms with Gasteiger partial charge in [-0.3, -0.25) is 5.10 Å². The highest BCUT2D eigenvalue weighted by Gasteiger charge is 2.22. The number of nitrogens with one attached hydrogen (secondary N) is 2. The van der Waals surface area contributed by atoms with Gasteiger partial charge in [-0.05, 0) is 81.1 Å². The van der Waals surface area contributed by atoms with Crippen LogP contribution in [0.2, 0.25) is 10.0 Å². The monoisotopic (exact) mass is 416 g/mol. The smallest absolute Gasteiger partial charge is 0.0670 e. The number of anilines is 1. The summed E-state index contributed by atoms with van der Waals surface area (Å²) in [6, 6.07) is 12.3. The molecule has 28 heavy (non-hydrogen) atoms. The highest BCUT2D eigenvalue weighted by atomic mass is 35.5. The molecule has 0 spiro atoms. The van der Waals surface area contributed by atoms with Crippen molar-refractivity contribution in [3.63, 3.8) is 0 Å². The van der Waals surface area contributed by atoms with Gasteiger partial charge in [0.1, 0.15) is 0 Å². The molecule has 1 aliphatic rings. The van der Waals surface area contributed by atoms with Gasteiger partial charge in [0, 0.05) is 17.6 Å². The molecule has 1 aliphatic heterocycles. The van der Waals surface area contributed by atoms with Crippen molar-refractivity contribution in [1.82, 2.24) is 15.1 Å². The van der Waals surface area contributed by atoms with E-state index < -0.39 is 0 Å². The van der Waals surface area contributed by atoms with E-state index in [0.29, 0.717) is 10.9 Å². The highest BCUT2D eigenvalue weighted by molar-refractivity contribution is 6.42. The lowest BCUT2D eigenvalue weighted by atomic mass is 9.89. The van der Waals surface area contributed by atoms with Crippen molar-refractivity contribution < 1.29 is 0 Å². The first-order chi connectivity index (χ1) is 13.7. The maximum absolute atomic E-state index is 6.40. The Kier molecular flexibility index (Phi) is 6.40. The number of rotatable bonds is 7. The maximum Gasteiger partial charge on any atom is 0.0670 e. The minimum absolute atomic E-state index is 0.529. The highest BCUT2D eigenvalue weighted by Crippen LogP contribution is 2.36. The maximum atomic E-state index is 6.40. The molecule has 2 aromatic carbocycles. The van der Waals surface area contributed by atoms with Crippen LogP contribution in [-0.4, -0.2) is 41.3 Å². The normalized spacial score (nSPS) is 15.9. The first kappa shape index (κ1) is 19.6. The SMILES string of the molecule is Clc1cccc(C2CCN(CCCCNc3ccc4cn[nH]c4c3)CC2)c1Cl. The largest absolute Gasteiger partial charge is 0.385 e. The summed E-state index contributed by atoms with van der Waals surface area (Å²) in [5.74, 6) is 0.529. The second-order valence-electron chi connectivity index (χ2n) is 7.56. The molecule has 2 N–H and O–H groups in total. The van der Waals surface area contributed by atoms with E-state index in [2.05, 4.69) is 44.7 Å². The number of fused-ring (bicyclic) bond motifs is 1. The van der Waals surface area contributed by atoms with Crippen LogP contribution >= 0.6 is 23.2 Å². The van der Waals surface area contributed by atoms with Crippen molar-refractivity contribution in [2.75, 3.05) is 31.5 Å². The third-order valence-electron chi connectivity index (χ3n) is 5.68. The number of aromatic nitrogens is 2. The molecular formula is C22H26Cl2N4. The average molecular weight is 417 g/mol. The second-order valence-corrected chi connectivity index (χ2v) is 8.35. The number of H-pyrrole nitrogens is 1. The number of hydrogen-bond acceptors (Lipinski definition) is 3. The number of nitrogens with zero attached hydrogens (tertiary/aromatic N) is 2. The number of hydrogen-bond donors (Lipinski definition) is 2. The Hall–Kier alpha value is -1.75. The van der Waals surface area contributed by atoms with Crippen LogP contribution in [0.5, 0.6) is 0 Å². The molecule has 0 unspecified atom stereocenters. The number of aromatic amines is 1.